The lowest BCUT2D eigenvalue weighted by atomic mass is 10.2. The predicted molar refractivity (Wildman–Crippen MR) is 83.3 cm³/mol. The standard InChI is InChI=1S/C16H12F3N5O/c17-16(18,19)12-7-4-8-13(9-12)20-14(25)10-24-22-15(21-23-24)11-5-2-1-3-6-11/h1-9H,10H2,(H,20,25). The lowest BCUT2D eigenvalue weighted by Gasteiger charge is -2.09. The summed E-state index contributed by atoms with van der Waals surface area (Å²) in [5.41, 5.74) is -0.0502. The Bertz CT molecular complexity index is 877. The minimum Gasteiger partial charge on any atom is -0.324 e. The molecular weight excluding hydrogens is 335 g/mol. The van der Waals surface area contributed by atoms with Gasteiger partial charge in [0, 0.05) is 11.3 Å². The predicted octanol–water partition coefficient (Wildman–Crippen LogP) is 3.00. The molecule has 0 radical (unpaired) electrons. The van der Waals surface area contributed by atoms with Gasteiger partial charge in [0.15, 0.2) is 0 Å². The molecule has 0 aliphatic rings. The van der Waals surface area contributed by atoms with E-state index in [1.807, 2.05) is 18.2 Å². The summed E-state index contributed by atoms with van der Waals surface area (Å²) in [5.74, 6) is -0.205. The third kappa shape index (κ3) is 4.19. The van der Waals surface area contributed by atoms with E-state index in [1.54, 1.807) is 12.1 Å². The van der Waals surface area contributed by atoms with Gasteiger partial charge in [-0.3, -0.25) is 4.79 Å². The van der Waals surface area contributed by atoms with Crippen LogP contribution in [0.2, 0.25) is 0 Å². The lowest BCUT2D eigenvalue weighted by molar-refractivity contribution is -0.137. The number of hydrogen-bond acceptors (Lipinski definition) is 4. The van der Waals surface area contributed by atoms with E-state index in [4.69, 9.17) is 0 Å². The molecule has 2 aromatic carbocycles. The minimum atomic E-state index is -4.47. The van der Waals surface area contributed by atoms with Crippen molar-refractivity contribution in [3.8, 4) is 11.4 Å². The normalized spacial score (nSPS) is 11.3. The highest BCUT2D eigenvalue weighted by Gasteiger charge is 2.30. The van der Waals surface area contributed by atoms with Gasteiger partial charge in [-0.15, -0.1) is 10.2 Å². The van der Waals surface area contributed by atoms with E-state index in [0.29, 0.717) is 5.82 Å². The Labute approximate surface area is 140 Å². The van der Waals surface area contributed by atoms with Crippen LogP contribution in [0.25, 0.3) is 11.4 Å². The van der Waals surface area contributed by atoms with Gasteiger partial charge < -0.3 is 5.32 Å². The number of tetrazole rings is 1. The quantitative estimate of drug-likeness (QED) is 0.787. The number of nitrogens with zero attached hydrogens (tertiary/aromatic N) is 4. The molecule has 0 bridgehead atoms. The van der Waals surface area contributed by atoms with E-state index in [2.05, 4.69) is 20.7 Å². The van der Waals surface area contributed by atoms with E-state index >= 15 is 0 Å². The molecule has 3 rings (SSSR count). The Morgan fingerprint density at radius 3 is 2.56 bits per heavy atom. The van der Waals surface area contributed by atoms with Crippen molar-refractivity contribution in [1.29, 1.82) is 0 Å². The molecule has 1 heterocycles. The van der Waals surface area contributed by atoms with Gasteiger partial charge in [-0.1, -0.05) is 36.4 Å². The molecule has 0 spiro atoms. The van der Waals surface area contributed by atoms with Crippen molar-refractivity contribution in [2.24, 2.45) is 0 Å². The zero-order valence-corrected chi connectivity index (χ0v) is 12.7. The largest absolute Gasteiger partial charge is 0.416 e. The molecule has 0 unspecified atom stereocenters. The summed E-state index contributed by atoms with van der Waals surface area (Å²) in [7, 11) is 0. The van der Waals surface area contributed by atoms with Crippen LogP contribution in [0.5, 0.6) is 0 Å². The van der Waals surface area contributed by atoms with Gasteiger partial charge in [-0.25, -0.2) is 0 Å². The van der Waals surface area contributed by atoms with Gasteiger partial charge in [-0.05, 0) is 23.4 Å². The summed E-state index contributed by atoms with van der Waals surface area (Å²) in [6.07, 6.45) is -4.47. The third-order valence-corrected chi connectivity index (χ3v) is 3.24. The lowest BCUT2D eigenvalue weighted by Crippen LogP contribution is -2.20. The fourth-order valence-corrected chi connectivity index (χ4v) is 2.12. The Kier molecular flexibility index (Phi) is 4.46. The van der Waals surface area contributed by atoms with Crippen LogP contribution in [-0.4, -0.2) is 26.1 Å². The highest BCUT2D eigenvalue weighted by Crippen LogP contribution is 2.30. The first-order valence-electron chi connectivity index (χ1n) is 7.22. The second kappa shape index (κ2) is 6.71. The molecule has 0 atom stereocenters. The number of alkyl halides is 3. The molecule has 0 fully saturated rings. The van der Waals surface area contributed by atoms with Crippen LogP contribution in [-0.2, 0) is 17.5 Å². The van der Waals surface area contributed by atoms with Crippen LogP contribution in [0, 0.1) is 0 Å². The van der Waals surface area contributed by atoms with Gasteiger partial charge in [0.25, 0.3) is 0 Å². The summed E-state index contributed by atoms with van der Waals surface area (Å²) < 4.78 is 38.0. The first-order valence-corrected chi connectivity index (χ1v) is 7.22. The van der Waals surface area contributed by atoms with Gasteiger partial charge in [0.05, 0.1) is 5.56 Å². The van der Waals surface area contributed by atoms with Crippen LogP contribution in [0.1, 0.15) is 5.56 Å². The molecule has 0 saturated carbocycles. The van der Waals surface area contributed by atoms with Crippen LogP contribution < -0.4 is 5.32 Å². The number of halogens is 3. The number of carbonyl (C=O) groups excluding carboxylic acids is 1. The van der Waals surface area contributed by atoms with Crippen molar-refractivity contribution in [1.82, 2.24) is 20.2 Å². The Hall–Kier alpha value is -3.23. The monoisotopic (exact) mass is 347 g/mol. The Morgan fingerprint density at radius 1 is 1.08 bits per heavy atom. The average molecular weight is 347 g/mol. The molecule has 3 aromatic rings. The van der Waals surface area contributed by atoms with Crippen molar-refractivity contribution in [3.05, 3.63) is 60.2 Å². The van der Waals surface area contributed by atoms with Gasteiger partial charge in [0.2, 0.25) is 11.7 Å². The van der Waals surface area contributed by atoms with E-state index in [-0.39, 0.29) is 12.2 Å². The fraction of sp³-hybridized carbons (Fsp3) is 0.125. The molecule has 1 aromatic heterocycles. The zero-order valence-electron chi connectivity index (χ0n) is 12.7. The second-order valence-electron chi connectivity index (χ2n) is 5.14. The van der Waals surface area contributed by atoms with Crippen molar-refractivity contribution in [2.75, 3.05) is 5.32 Å². The third-order valence-electron chi connectivity index (χ3n) is 3.24. The van der Waals surface area contributed by atoms with Crippen molar-refractivity contribution < 1.29 is 18.0 Å². The van der Waals surface area contributed by atoms with Gasteiger partial charge in [-0.2, -0.15) is 18.0 Å². The van der Waals surface area contributed by atoms with Crippen LogP contribution in [0.3, 0.4) is 0 Å². The topological polar surface area (TPSA) is 72.7 Å². The number of benzene rings is 2. The van der Waals surface area contributed by atoms with Crippen molar-refractivity contribution in [2.45, 2.75) is 12.7 Å². The van der Waals surface area contributed by atoms with Crippen molar-refractivity contribution in [3.63, 3.8) is 0 Å². The van der Waals surface area contributed by atoms with Gasteiger partial charge in [0.1, 0.15) is 6.54 Å². The van der Waals surface area contributed by atoms with E-state index in [9.17, 15) is 18.0 Å². The smallest absolute Gasteiger partial charge is 0.324 e. The summed E-state index contributed by atoms with van der Waals surface area (Å²) >= 11 is 0. The Balaban J connectivity index is 1.67. The minimum absolute atomic E-state index is 0.0447. The maximum absolute atomic E-state index is 12.7. The molecule has 25 heavy (non-hydrogen) atoms. The summed E-state index contributed by atoms with van der Waals surface area (Å²) in [6, 6.07) is 13.5. The molecule has 6 nitrogen and oxygen atoms in total. The number of anilines is 1. The SMILES string of the molecule is O=C(Cn1nnc(-c2ccccc2)n1)Nc1cccc(C(F)(F)F)c1. The number of amides is 1. The highest BCUT2D eigenvalue weighted by molar-refractivity contribution is 5.90. The first-order chi connectivity index (χ1) is 11.9. The Morgan fingerprint density at radius 2 is 1.84 bits per heavy atom. The number of nitrogens with one attached hydrogen (secondary N) is 1. The number of aromatic nitrogens is 4. The van der Waals surface area contributed by atoms with E-state index in [1.165, 1.54) is 12.1 Å². The fourth-order valence-electron chi connectivity index (χ4n) is 2.12. The van der Waals surface area contributed by atoms with Crippen molar-refractivity contribution >= 4 is 11.6 Å². The van der Waals surface area contributed by atoms with Crippen LogP contribution in [0.15, 0.2) is 54.6 Å². The summed E-state index contributed by atoms with van der Waals surface area (Å²) in [5, 5.41) is 14.1. The summed E-state index contributed by atoms with van der Waals surface area (Å²) in [4.78, 5) is 13.0. The van der Waals surface area contributed by atoms with E-state index in [0.717, 1.165) is 22.5 Å². The highest BCUT2D eigenvalue weighted by atomic mass is 19.4. The molecular formula is C16H12F3N5O. The van der Waals surface area contributed by atoms with Crippen LogP contribution in [0.4, 0.5) is 18.9 Å². The molecule has 128 valence electrons. The first kappa shape index (κ1) is 16.6. The maximum atomic E-state index is 12.7. The number of hydrogen-bond donors (Lipinski definition) is 1. The molecule has 0 saturated heterocycles. The summed E-state index contributed by atoms with van der Waals surface area (Å²) in [6.45, 7) is -0.268. The second-order valence-corrected chi connectivity index (χ2v) is 5.14. The number of carbonyl (C=O) groups is 1. The molecule has 0 aliphatic carbocycles. The van der Waals surface area contributed by atoms with E-state index < -0.39 is 17.6 Å². The molecule has 0 aliphatic heterocycles. The van der Waals surface area contributed by atoms with Gasteiger partial charge >= 0.3 is 6.18 Å². The van der Waals surface area contributed by atoms with Crippen LogP contribution >= 0.6 is 0 Å². The maximum Gasteiger partial charge on any atom is 0.416 e. The number of rotatable bonds is 4. The zero-order chi connectivity index (χ0) is 17.9. The molecule has 1 N–H and O–H groups in total. The molecule has 9 heteroatoms. The average Bonchev–Trinajstić information content (AvgIpc) is 3.03. The molecule has 1 amide bonds.